The molecular weight excluding hydrogens is 312 g/mol. The van der Waals surface area contributed by atoms with E-state index >= 15 is 0 Å². The molecule has 0 aliphatic heterocycles. The normalized spacial score (nSPS) is 12.3. The third-order valence-corrected chi connectivity index (χ3v) is 4.73. The molecule has 1 aromatic heterocycles. The van der Waals surface area contributed by atoms with Crippen molar-refractivity contribution in [2.24, 2.45) is 0 Å². The molecule has 0 saturated carbocycles. The van der Waals surface area contributed by atoms with E-state index in [1.165, 1.54) is 11.8 Å². The van der Waals surface area contributed by atoms with Crippen molar-refractivity contribution < 1.29 is 15.0 Å². The summed E-state index contributed by atoms with van der Waals surface area (Å²) in [6.07, 6.45) is 4.08. The summed E-state index contributed by atoms with van der Waals surface area (Å²) in [6, 6.07) is 9.86. The van der Waals surface area contributed by atoms with E-state index in [0.29, 0.717) is 23.8 Å². The number of carbonyl (C=O) groups excluding carboxylic acids is 1. The highest BCUT2D eigenvalue weighted by Crippen LogP contribution is 2.27. The highest BCUT2D eigenvalue weighted by molar-refractivity contribution is 8.00. The topological polar surface area (TPSA) is 78.2 Å². The van der Waals surface area contributed by atoms with Crippen LogP contribution in [0.25, 0.3) is 0 Å². The van der Waals surface area contributed by atoms with Gasteiger partial charge in [-0.1, -0.05) is 61.9 Å². The van der Waals surface area contributed by atoms with E-state index in [-0.39, 0.29) is 6.61 Å². The molecule has 124 valence electrons. The van der Waals surface area contributed by atoms with Gasteiger partial charge in [-0.2, -0.15) is 0 Å². The summed E-state index contributed by atoms with van der Waals surface area (Å²) in [7, 11) is 0. The molecule has 6 heteroatoms. The number of aromatic nitrogens is 2. The number of benzene rings is 1. The fraction of sp³-hybridized carbons (Fsp3) is 0.412. The quantitative estimate of drug-likeness (QED) is 0.708. The number of rotatable bonds is 9. The molecule has 2 rings (SSSR count). The van der Waals surface area contributed by atoms with Gasteiger partial charge in [0.1, 0.15) is 0 Å². The van der Waals surface area contributed by atoms with Crippen LogP contribution in [0.4, 0.5) is 0 Å². The largest absolute Gasteiger partial charge is 0.549 e. The lowest BCUT2D eigenvalue weighted by Gasteiger charge is -2.17. The highest BCUT2D eigenvalue weighted by Gasteiger charge is 2.17. The van der Waals surface area contributed by atoms with E-state index in [9.17, 15) is 15.0 Å². The minimum absolute atomic E-state index is 0.166. The van der Waals surface area contributed by atoms with Crippen molar-refractivity contribution in [3.63, 3.8) is 0 Å². The predicted molar refractivity (Wildman–Crippen MR) is 87.9 cm³/mol. The summed E-state index contributed by atoms with van der Waals surface area (Å²) >= 11 is 1.20. The van der Waals surface area contributed by atoms with Gasteiger partial charge in [0, 0.05) is 12.7 Å². The summed E-state index contributed by atoms with van der Waals surface area (Å²) in [5.74, 6) is -1.07. The lowest BCUT2D eigenvalue weighted by Crippen LogP contribution is -2.33. The molecule has 2 aromatic rings. The molecule has 0 aliphatic carbocycles. The maximum atomic E-state index is 11.3. The zero-order chi connectivity index (χ0) is 16.7. The Morgan fingerprint density at radius 1 is 1.39 bits per heavy atom. The number of hydrogen-bond acceptors (Lipinski definition) is 5. The van der Waals surface area contributed by atoms with Crippen molar-refractivity contribution in [1.29, 1.82) is 0 Å². The van der Waals surface area contributed by atoms with Crippen LogP contribution >= 0.6 is 11.8 Å². The summed E-state index contributed by atoms with van der Waals surface area (Å²) in [4.78, 5) is 15.7. The zero-order valence-corrected chi connectivity index (χ0v) is 14.0. The van der Waals surface area contributed by atoms with E-state index in [4.69, 9.17) is 0 Å². The second-order valence-electron chi connectivity index (χ2n) is 5.35. The van der Waals surface area contributed by atoms with Crippen LogP contribution in [0.5, 0.6) is 0 Å². The maximum absolute atomic E-state index is 11.3. The first kappa shape index (κ1) is 17.6. The van der Waals surface area contributed by atoms with Gasteiger partial charge in [0.15, 0.2) is 5.16 Å². The molecule has 0 aliphatic rings. The first-order valence-corrected chi connectivity index (χ1v) is 8.60. The van der Waals surface area contributed by atoms with Crippen molar-refractivity contribution in [3.05, 3.63) is 47.8 Å². The summed E-state index contributed by atoms with van der Waals surface area (Å²) < 4.78 is 1.88. The monoisotopic (exact) mass is 333 g/mol. The van der Waals surface area contributed by atoms with Gasteiger partial charge in [0.05, 0.1) is 23.5 Å². The van der Waals surface area contributed by atoms with E-state index in [0.717, 1.165) is 18.4 Å². The maximum Gasteiger partial charge on any atom is 0.169 e. The Kier molecular flexibility index (Phi) is 6.67. The van der Waals surface area contributed by atoms with Crippen molar-refractivity contribution >= 4 is 17.7 Å². The van der Waals surface area contributed by atoms with E-state index < -0.39 is 11.2 Å². The standard InChI is InChI=1S/C17H22N2O3S/c1-2-3-9-15(16(21)22)23-17-18-14(12-20)11-19(17)10-13-7-5-4-6-8-13/h4-8,11,15,20H,2-3,9-10,12H2,1H3,(H,21,22)/p-1/t15-/m1/s1. The van der Waals surface area contributed by atoms with Crippen molar-refractivity contribution in [1.82, 2.24) is 9.55 Å². The molecule has 0 radical (unpaired) electrons. The smallest absolute Gasteiger partial charge is 0.169 e. The number of carbonyl (C=O) groups is 1. The molecule has 0 bridgehead atoms. The number of thioether (sulfide) groups is 1. The average Bonchev–Trinajstić information content (AvgIpc) is 2.94. The van der Waals surface area contributed by atoms with Crippen molar-refractivity contribution in [2.45, 2.75) is 49.7 Å². The van der Waals surface area contributed by atoms with E-state index in [1.54, 1.807) is 6.20 Å². The first-order valence-electron chi connectivity index (χ1n) is 7.72. The van der Waals surface area contributed by atoms with Crippen LogP contribution in [0.2, 0.25) is 0 Å². The van der Waals surface area contributed by atoms with Gasteiger partial charge in [-0.25, -0.2) is 4.98 Å². The number of aliphatic hydroxyl groups is 1. The Balaban J connectivity index is 2.19. The predicted octanol–water partition coefficient (Wildman–Crippen LogP) is 1.82. The SMILES string of the molecule is CCCC[C@@H](Sc1nc(CO)cn1Cc1ccccc1)C(=O)[O-]. The van der Waals surface area contributed by atoms with E-state index in [2.05, 4.69) is 4.98 Å². The molecule has 5 nitrogen and oxygen atoms in total. The number of hydrogen-bond donors (Lipinski definition) is 1. The molecule has 0 amide bonds. The Hall–Kier alpha value is -1.79. The number of unbranched alkanes of at least 4 members (excludes halogenated alkanes) is 1. The zero-order valence-electron chi connectivity index (χ0n) is 13.1. The molecule has 0 unspecified atom stereocenters. The number of aliphatic carboxylic acids is 1. The van der Waals surface area contributed by atoms with Gasteiger partial charge in [0.2, 0.25) is 0 Å². The lowest BCUT2D eigenvalue weighted by molar-refractivity contribution is -0.304. The second-order valence-corrected chi connectivity index (χ2v) is 6.52. The van der Waals surface area contributed by atoms with Gasteiger partial charge in [0.25, 0.3) is 0 Å². The molecule has 0 saturated heterocycles. The Labute approximate surface area is 140 Å². The van der Waals surface area contributed by atoms with Crippen LogP contribution in [-0.2, 0) is 17.9 Å². The van der Waals surface area contributed by atoms with Crippen molar-refractivity contribution in [3.8, 4) is 0 Å². The summed E-state index contributed by atoms with van der Waals surface area (Å²) in [6.45, 7) is 2.45. The average molecular weight is 333 g/mol. The molecule has 1 aromatic carbocycles. The fourth-order valence-corrected chi connectivity index (χ4v) is 3.31. The van der Waals surface area contributed by atoms with Gasteiger partial charge < -0.3 is 19.6 Å². The third-order valence-electron chi connectivity index (χ3n) is 3.48. The molecule has 23 heavy (non-hydrogen) atoms. The first-order chi connectivity index (χ1) is 11.1. The Morgan fingerprint density at radius 2 is 2.13 bits per heavy atom. The number of carboxylic acid groups (broad SMARTS) is 1. The van der Waals surface area contributed by atoms with Crippen LogP contribution in [0.1, 0.15) is 37.4 Å². The van der Waals surface area contributed by atoms with Gasteiger partial charge in [-0.05, 0) is 12.0 Å². The molecule has 0 spiro atoms. The molecule has 0 fully saturated rings. The molecule has 1 heterocycles. The third kappa shape index (κ3) is 5.11. The van der Waals surface area contributed by atoms with Crippen LogP contribution < -0.4 is 5.11 Å². The van der Waals surface area contributed by atoms with Crippen molar-refractivity contribution in [2.75, 3.05) is 0 Å². The van der Waals surface area contributed by atoms with E-state index in [1.807, 2.05) is 41.8 Å². The lowest BCUT2D eigenvalue weighted by atomic mass is 10.2. The Bertz CT molecular complexity index is 628. The summed E-state index contributed by atoms with van der Waals surface area (Å²) in [5.41, 5.74) is 1.63. The molecular formula is C17H21N2O3S-. The fourth-order valence-electron chi connectivity index (χ4n) is 2.26. The molecule has 1 N–H and O–H groups in total. The van der Waals surface area contributed by atoms with Crippen LogP contribution in [0, 0.1) is 0 Å². The van der Waals surface area contributed by atoms with Crippen LogP contribution in [0.15, 0.2) is 41.7 Å². The van der Waals surface area contributed by atoms with Gasteiger partial charge in [-0.15, -0.1) is 0 Å². The molecule has 1 atom stereocenters. The number of imidazole rings is 1. The van der Waals surface area contributed by atoms with Crippen LogP contribution in [0.3, 0.4) is 0 Å². The van der Waals surface area contributed by atoms with Crippen LogP contribution in [-0.4, -0.2) is 25.9 Å². The highest BCUT2D eigenvalue weighted by atomic mass is 32.2. The number of aliphatic hydroxyl groups excluding tert-OH is 1. The minimum atomic E-state index is -1.07. The minimum Gasteiger partial charge on any atom is -0.549 e. The number of carboxylic acids is 1. The second kappa shape index (κ2) is 8.74. The number of nitrogens with zero attached hydrogens (tertiary/aromatic N) is 2. The Morgan fingerprint density at radius 3 is 2.74 bits per heavy atom. The summed E-state index contributed by atoms with van der Waals surface area (Å²) in [5, 5.41) is 20.6. The van der Waals surface area contributed by atoms with Gasteiger partial charge >= 0.3 is 0 Å². The van der Waals surface area contributed by atoms with Gasteiger partial charge in [-0.3, -0.25) is 0 Å².